The van der Waals surface area contributed by atoms with Crippen LogP contribution in [0.5, 0.6) is 0 Å². The second kappa shape index (κ2) is 12.8. The highest BCUT2D eigenvalue weighted by Gasteiger charge is 2.19. The third-order valence-corrected chi connectivity index (χ3v) is 8.07. The Morgan fingerprint density at radius 1 is 0.795 bits per heavy atom. The Hall–Kier alpha value is -4.85. The molecule has 218 valence electrons. The number of para-hydroxylation sites is 1. The van der Waals surface area contributed by atoms with Crippen LogP contribution in [-0.4, -0.2) is 34.9 Å². The molecule has 0 spiro atoms. The third-order valence-electron chi connectivity index (χ3n) is 7.41. The molecule has 0 radical (unpaired) electrons. The van der Waals surface area contributed by atoms with E-state index in [4.69, 9.17) is 9.97 Å². The first-order chi connectivity index (χ1) is 21.4. The lowest BCUT2D eigenvalue weighted by Crippen LogP contribution is -2.16. The molecule has 0 unspecified atom stereocenters. The van der Waals surface area contributed by atoms with Gasteiger partial charge in [-0.25, -0.2) is 9.97 Å². The van der Waals surface area contributed by atoms with Gasteiger partial charge in [0.2, 0.25) is 5.95 Å². The molecule has 0 saturated heterocycles. The van der Waals surface area contributed by atoms with E-state index in [1.807, 2.05) is 112 Å². The molecule has 6 nitrogen and oxygen atoms in total. The number of fused-ring (bicyclic) bond motifs is 1. The summed E-state index contributed by atoms with van der Waals surface area (Å²) in [5.41, 5.74) is 9.06. The lowest BCUT2D eigenvalue weighted by molar-refractivity contribution is 0.102. The van der Waals surface area contributed by atoms with E-state index in [1.54, 1.807) is 0 Å². The van der Waals surface area contributed by atoms with E-state index >= 15 is 0 Å². The topological polar surface area (TPSA) is 70.2 Å². The molecule has 0 aliphatic carbocycles. The van der Waals surface area contributed by atoms with Crippen LogP contribution in [0.15, 0.2) is 120 Å². The molecule has 2 N–H and O–H groups in total. The van der Waals surface area contributed by atoms with Crippen LogP contribution in [0.2, 0.25) is 0 Å². The summed E-state index contributed by atoms with van der Waals surface area (Å²) in [5.74, 6) is 0.351. The highest BCUT2D eigenvalue weighted by molar-refractivity contribution is 9.10. The minimum absolute atomic E-state index is 0.143. The molecule has 5 aromatic carbocycles. The van der Waals surface area contributed by atoms with Crippen molar-refractivity contribution in [1.29, 1.82) is 0 Å². The largest absolute Gasteiger partial charge is 0.324 e. The van der Waals surface area contributed by atoms with Crippen LogP contribution in [0.1, 0.15) is 21.5 Å². The zero-order valence-corrected chi connectivity index (χ0v) is 26.4. The molecule has 0 saturated carbocycles. The molecule has 0 aliphatic heterocycles. The van der Waals surface area contributed by atoms with Crippen LogP contribution in [0, 0.1) is 6.92 Å². The minimum atomic E-state index is -0.143. The Bertz CT molecular complexity index is 1960. The van der Waals surface area contributed by atoms with Crippen molar-refractivity contribution in [2.75, 3.05) is 24.7 Å². The lowest BCUT2D eigenvalue weighted by Gasteiger charge is -2.20. The number of anilines is 3. The first-order valence-electron chi connectivity index (χ1n) is 14.4. The number of nitrogens with one attached hydrogen (secondary N) is 2. The van der Waals surface area contributed by atoms with Crippen LogP contribution in [-0.2, 0) is 6.54 Å². The monoisotopic (exact) mass is 641 g/mol. The molecule has 1 heterocycles. The summed E-state index contributed by atoms with van der Waals surface area (Å²) in [5, 5.41) is 7.59. The molecule has 44 heavy (non-hydrogen) atoms. The second-order valence-electron chi connectivity index (χ2n) is 10.9. The van der Waals surface area contributed by atoms with Gasteiger partial charge in [0.25, 0.3) is 5.91 Å². The maximum Gasteiger partial charge on any atom is 0.255 e. The maximum atomic E-state index is 13.0. The van der Waals surface area contributed by atoms with Crippen LogP contribution in [0.3, 0.4) is 0 Å². The number of hydrogen-bond donors (Lipinski definition) is 2. The Kier molecular flexibility index (Phi) is 8.50. The molecule has 1 amide bonds. The zero-order valence-electron chi connectivity index (χ0n) is 24.8. The number of benzene rings is 5. The SMILES string of the molecule is Cc1cc(Nc2nc(-c3c(Br)cccc3-c3ccccc3)c3ccccc3n2)c(CN(C)C)cc1NC(=O)c1ccccc1. The number of halogens is 1. The number of rotatable bonds is 8. The Morgan fingerprint density at radius 2 is 1.50 bits per heavy atom. The number of carbonyl (C=O) groups excluding carboxylic acids is 1. The summed E-state index contributed by atoms with van der Waals surface area (Å²) in [6, 6.07) is 38.0. The smallest absolute Gasteiger partial charge is 0.255 e. The lowest BCUT2D eigenvalue weighted by atomic mass is 9.95. The predicted molar refractivity (Wildman–Crippen MR) is 184 cm³/mol. The average Bonchev–Trinajstić information content (AvgIpc) is 3.03. The number of aromatic nitrogens is 2. The Morgan fingerprint density at radius 3 is 2.25 bits per heavy atom. The van der Waals surface area contributed by atoms with E-state index in [2.05, 4.69) is 55.7 Å². The van der Waals surface area contributed by atoms with E-state index in [-0.39, 0.29) is 5.91 Å². The van der Waals surface area contributed by atoms with Gasteiger partial charge < -0.3 is 15.5 Å². The van der Waals surface area contributed by atoms with Crippen molar-refractivity contribution in [3.63, 3.8) is 0 Å². The molecular formula is C37H32BrN5O. The summed E-state index contributed by atoms with van der Waals surface area (Å²) in [6.45, 7) is 2.64. The van der Waals surface area contributed by atoms with Gasteiger partial charge in [-0.05, 0) is 79.7 Å². The van der Waals surface area contributed by atoms with Gasteiger partial charge >= 0.3 is 0 Å². The van der Waals surface area contributed by atoms with Crippen LogP contribution >= 0.6 is 15.9 Å². The van der Waals surface area contributed by atoms with E-state index in [9.17, 15) is 4.79 Å². The number of amides is 1. The normalized spacial score (nSPS) is 11.1. The van der Waals surface area contributed by atoms with Crippen LogP contribution in [0.4, 0.5) is 17.3 Å². The number of hydrogen-bond acceptors (Lipinski definition) is 5. The van der Waals surface area contributed by atoms with Gasteiger partial charge in [0.1, 0.15) is 0 Å². The molecule has 7 heteroatoms. The van der Waals surface area contributed by atoms with Gasteiger partial charge in [0, 0.05) is 38.9 Å². The van der Waals surface area contributed by atoms with E-state index < -0.39 is 0 Å². The highest BCUT2D eigenvalue weighted by atomic mass is 79.9. The standard InChI is InChI=1S/C37H32BrN5O/c1-24-21-33(27(23-43(2)3)22-32(24)39-36(44)26-15-8-5-9-16-26)41-37-40-31-20-11-10-17-29(31)35(42-37)34-28(18-12-19-30(34)38)25-13-6-4-7-14-25/h4-22H,23H2,1-3H3,(H,39,44)(H,40,41,42). The number of nitrogens with zero attached hydrogens (tertiary/aromatic N) is 3. The summed E-state index contributed by atoms with van der Waals surface area (Å²) in [7, 11) is 4.04. The first kappa shape index (κ1) is 29.2. The molecular weight excluding hydrogens is 610 g/mol. The van der Waals surface area contributed by atoms with Crippen molar-refractivity contribution in [2.24, 2.45) is 0 Å². The van der Waals surface area contributed by atoms with Crippen molar-refractivity contribution in [2.45, 2.75) is 13.5 Å². The van der Waals surface area contributed by atoms with E-state index in [0.29, 0.717) is 18.1 Å². The van der Waals surface area contributed by atoms with Crippen molar-refractivity contribution in [3.8, 4) is 22.4 Å². The Labute approximate surface area is 265 Å². The van der Waals surface area contributed by atoms with Gasteiger partial charge in [0.15, 0.2) is 0 Å². The predicted octanol–water partition coefficient (Wildman–Crippen LogP) is 9.09. The van der Waals surface area contributed by atoms with Gasteiger partial charge in [0.05, 0.1) is 11.2 Å². The molecule has 0 atom stereocenters. The van der Waals surface area contributed by atoms with Crippen molar-refractivity contribution >= 4 is 50.1 Å². The van der Waals surface area contributed by atoms with E-state index in [0.717, 1.165) is 60.3 Å². The average molecular weight is 643 g/mol. The summed E-state index contributed by atoms with van der Waals surface area (Å²) >= 11 is 3.83. The van der Waals surface area contributed by atoms with Gasteiger partial charge in [-0.2, -0.15) is 0 Å². The molecule has 6 rings (SSSR count). The summed E-state index contributed by atoms with van der Waals surface area (Å²) < 4.78 is 0.955. The summed E-state index contributed by atoms with van der Waals surface area (Å²) in [4.78, 5) is 25.1. The molecule has 1 aromatic heterocycles. The minimum Gasteiger partial charge on any atom is -0.324 e. The van der Waals surface area contributed by atoms with Crippen molar-refractivity contribution in [3.05, 3.63) is 136 Å². The molecule has 6 aromatic rings. The third kappa shape index (κ3) is 6.25. The van der Waals surface area contributed by atoms with Crippen LogP contribution < -0.4 is 10.6 Å². The maximum absolute atomic E-state index is 13.0. The quantitative estimate of drug-likeness (QED) is 0.173. The van der Waals surface area contributed by atoms with Gasteiger partial charge in [-0.3, -0.25) is 4.79 Å². The fourth-order valence-electron chi connectivity index (χ4n) is 5.33. The number of aryl methyl sites for hydroxylation is 1. The fraction of sp³-hybridized carbons (Fsp3) is 0.108. The second-order valence-corrected chi connectivity index (χ2v) is 11.8. The van der Waals surface area contributed by atoms with Gasteiger partial charge in [-0.15, -0.1) is 0 Å². The summed E-state index contributed by atoms with van der Waals surface area (Å²) in [6.07, 6.45) is 0. The molecule has 0 fully saturated rings. The Balaban J connectivity index is 1.44. The van der Waals surface area contributed by atoms with Crippen molar-refractivity contribution < 1.29 is 4.79 Å². The zero-order chi connectivity index (χ0) is 30.6. The van der Waals surface area contributed by atoms with Gasteiger partial charge in [-0.1, -0.05) is 94.8 Å². The number of carbonyl (C=O) groups is 1. The molecule has 0 aliphatic rings. The first-order valence-corrected chi connectivity index (χ1v) is 15.2. The highest BCUT2D eigenvalue weighted by Crippen LogP contribution is 2.40. The fourth-order valence-corrected chi connectivity index (χ4v) is 5.88. The van der Waals surface area contributed by atoms with E-state index in [1.165, 1.54) is 0 Å². The molecule has 0 bridgehead atoms. The van der Waals surface area contributed by atoms with Crippen molar-refractivity contribution in [1.82, 2.24) is 14.9 Å². The van der Waals surface area contributed by atoms with Crippen LogP contribution in [0.25, 0.3) is 33.3 Å².